The summed E-state index contributed by atoms with van der Waals surface area (Å²) in [4.78, 5) is 14.0. The standard InChI is InChI=1S/C17H24ClNO2/c1-2-17(20)21-16-9-8-15(18)13-14(16)7-6-12-19-10-4-3-5-11-19/h8-9,13H,2-7,10-12H2,1H3. The molecule has 0 aromatic heterocycles. The van der Waals surface area contributed by atoms with Gasteiger partial charge in [-0.25, -0.2) is 0 Å². The zero-order chi connectivity index (χ0) is 15.1. The van der Waals surface area contributed by atoms with E-state index in [2.05, 4.69) is 4.90 Å². The van der Waals surface area contributed by atoms with Crippen molar-refractivity contribution < 1.29 is 9.53 Å². The smallest absolute Gasteiger partial charge is 0.310 e. The number of carbonyl (C=O) groups excluding carboxylic acids is 1. The highest BCUT2D eigenvalue weighted by Crippen LogP contribution is 2.25. The number of piperidine rings is 1. The van der Waals surface area contributed by atoms with Gasteiger partial charge < -0.3 is 9.64 Å². The molecule has 0 N–H and O–H groups in total. The highest BCUT2D eigenvalue weighted by atomic mass is 35.5. The third-order valence-electron chi connectivity index (χ3n) is 3.90. The van der Waals surface area contributed by atoms with Crippen molar-refractivity contribution in [3.05, 3.63) is 28.8 Å². The van der Waals surface area contributed by atoms with Crippen molar-refractivity contribution in [3.8, 4) is 5.75 Å². The number of likely N-dealkylation sites (tertiary alicyclic amines) is 1. The van der Waals surface area contributed by atoms with Crippen LogP contribution in [0, 0.1) is 0 Å². The average Bonchev–Trinajstić information content (AvgIpc) is 2.50. The van der Waals surface area contributed by atoms with Crippen molar-refractivity contribution in [2.45, 2.75) is 45.4 Å². The fraction of sp³-hybridized carbons (Fsp3) is 0.588. The van der Waals surface area contributed by atoms with Gasteiger partial charge in [0.2, 0.25) is 0 Å². The number of benzene rings is 1. The molecule has 1 aliphatic heterocycles. The number of esters is 1. The Hall–Kier alpha value is -1.06. The average molecular weight is 310 g/mol. The highest BCUT2D eigenvalue weighted by molar-refractivity contribution is 6.30. The lowest BCUT2D eigenvalue weighted by molar-refractivity contribution is -0.134. The van der Waals surface area contributed by atoms with Gasteiger partial charge in [0.1, 0.15) is 5.75 Å². The van der Waals surface area contributed by atoms with Gasteiger partial charge >= 0.3 is 5.97 Å². The highest BCUT2D eigenvalue weighted by Gasteiger charge is 2.12. The first-order chi connectivity index (χ1) is 10.2. The molecule has 4 heteroatoms. The minimum atomic E-state index is -0.199. The van der Waals surface area contributed by atoms with Crippen LogP contribution in [0.2, 0.25) is 5.02 Å². The summed E-state index contributed by atoms with van der Waals surface area (Å²) in [5.74, 6) is 0.458. The van der Waals surface area contributed by atoms with E-state index in [1.807, 2.05) is 6.07 Å². The second-order valence-electron chi connectivity index (χ2n) is 5.59. The molecule has 1 saturated heterocycles. The quantitative estimate of drug-likeness (QED) is 0.586. The summed E-state index contributed by atoms with van der Waals surface area (Å²) in [7, 11) is 0. The van der Waals surface area contributed by atoms with E-state index in [9.17, 15) is 4.79 Å². The first kappa shape index (κ1) is 16.3. The molecule has 21 heavy (non-hydrogen) atoms. The Labute approximate surface area is 132 Å². The van der Waals surface area contributed by atoms with Crippen LogP contribution in [0.1, 0.15) is 44.6 Å². The molecule has 1 aromatic carbocycles. The Balaban J connectivity index is 1.90. The normalized spacial score (nSPS) is 15.9. The van der Waals surface area contributed by atoms with E-state index < -0.39 is 0 Å². The molecule has 1 fully saturated rings. The van der Waals surface area contributed by atoms with Crippen molar-refractivity contribution in [3.63, 3.8) is 0 Å². The minimum Gasteiger partial charge on any atom is -0.426 e. The molecule has 2 rings (SSSR count). The fourth-order valence-corrected chi connectivity index (χ4v) is 2.91. The predicted octanol–water partition coefficient (Wildman–Crippen LogP) is 4.07. The van der Waals surface area contributed by atoms with Crippen LogP contribution in [0.15, 0.2) is 18.2 Å². The molecular formula is C17H24ClNO2. The number of carbonyl (C=O) groups is 1. The maximum Gasteiger partial charge on any atom is 0.310 e. The Morgan fingerprint density at radius 3 is 2.76 bits per heavy atom. The van der Waals surface area contributed by atoms with E-state index in [4.69, 9.17) is 16.3 Å². The monoisotopic (exact) mass is 309 g/mol. The molecule has 1 heterocycles. The van der Waals surface area contributed by atoms with E-state index in [1.165, 1.54) is 32.4 Å². The second-order valence-corrected chi connectivity index (χ2v) is 6.02. The number of hydrogen-bond donors (Lipinski definition) is 0. The summed E-state index contributed by atoms with van der Waals surface area (Å²) in [6, 6.07) is 5.48. The number of hydrogen-bond acceptors (Lipinski definition) is 3. The molecule has 3 nitrogen and oxygen atoms in total. The van der Waals surface area contributed by atoms with Crippen LogP contribution in [0.3, 0.4) is 0 Å². The third-order valence-corrected chi connectivity index (χ3v) is 4.14. The number of rotatable bonds is 6. The second kappa shape index (κ2) is 8.40. The van der Waals surface area contributed by atoms with Gasteiger partial charge in [0.05, 0.1) is 0 Å². The van der Waals surface area contributed by atoms with Crippen LogP contribution < -0.4 is 4.74 Å². The lowest BCUT2D eigenvalue weighted by Crippen LogP contribution is -2.30. The first-order valence-corrected chi connectivity index (χ1v) is 8.28. The van der Waals surface area contributed by atoms with Gasteiger partial charge in [0.25, 0.3) is 0 Å². The summed E-state index contributed by atoms with van der Waals surface area (Å²) >= 11 is 6.06. The minimum absolute atomic E-state index is 0.199. The van der Waals surface area contributed by atoms with Gasteiger partial charge in [-0.15, -0.1) is 0 Å². The molecule has 0 spiro atoms. The Bertz CT molecular complexity index is 470. The molecule has 0 atom stereocenters. The van der Waals surface area contributed by atoms with Crippen molar-refractivity contribution >= 4 is 17.6 Å². The lowest BCUT2D eigenvalue weighted by atomic mass is 10.1. The summed E-state index contributed by atoms with van der Waals surface area (Å²) in [6.45, 7) is 5.34. The SMILES string of the molecule is CCC(=O)Oc1ccc(Cl)cc1CCCN1CCCCC1. The van der Waals surface area contributed by atoms with E-state index >= 15 is 0 Å². The number of ether oxygens (including phenoxy) is 1. The van der Waals surface area contributed by atoms with Crippen molar-refractivity contribution in [2.75, 3.05) is 19.6 Å². The summed E-state index contributed by atoms with van der Waals surface area (Å²) < 4.78 is 5.38. The molecule has 0 amide bonds. The topological polar surface area (TPSA) is 29.5 Å². The molecular weight excluding hydrogens is 286 g/mol. The van der Waals surface area contributed by atoms with E-state index in [0.717, 1.165) is 24.9 Å². The van der Waals surface area contributed by atoms with Crippen LogP contribution in [-0.4, -0.2) is 30.5 Å². The third kappa shape index (κ3) is 5.33. The van der Waals surface area contributed by atoms with Crippen molar-refractivity contribution in [1.29, 1.82) is 0 Å². The van der Waals surface area contributed by atoms with Crippen LogP contribution >= 0.6 is 11.6 Å². The maximum atomic E-state index is 11.5. The van der Waals surface area contributed by atoms with Gasteiger partial charge in [-0.2, -0.15) is 0 Å². The molecule has 116 valence electrons. The molecule has 0 aliphatic carbocycles. The number of halogens is 1. The zero-order valence-corrected chi connectivity index (χ0v) is 13.5. The zero-order valence-electron chi connectivity index (χ0n) is 12.7. The Morgan fingerprint density at radius 2 is 2.05 bits per heavy atom. The van der Waals surface area contributed by atoms with Gasteiger partial charge in [-0.05, 0) is 69.1 Å². The van der Waals surface area contributed by atoms with Gasteiger partial charge in [-0.3, -0.25) is 4.79 Å². The summed E-state index contributed by atoms with van der Waals surface area (Å²) in [5.41, 5.74) is 1.03. The molecule has 1 aliphatic rings. The van der Waals surface area contributed by atoms with Crippen molar-refractivity contribution in [2.24, 2.45) is 0 Å². The lowest BCUT2D eigenvalue weighted by Gasteiger charge is -2.26. The fourth-order valence-electron chi connectivity index (χ4n) is 2.71. The molecule has 0 saturated carbocycles. The largest absolute Gasteiger partial charge is 0.426 e. The molecule has 0 radical (unpaired) electrons. The predicted molar refractivity (Wildman–Crippen MR) is 86.0 cm³/mol. The van der Waals surface area contributed by atoms with Crippen LogP contribution in [0.25, 0.3) is 0 Å². The van der Waals surface area contributed by atoms with E-state index in [-0.39, 0.29) is 5.97 Å². The van der Waals surface area contributed by atoms with Crippen LogP contribution in [0.5, 0.6) is 5.75 Å². The molecule has 0 bridgehead atoms. The molecule has 1 aromatic rings. The van der Waals surface area contributed by atoms with Gasteiger partial charge in [0.15, 0.2) is 0 Å². The number of nitrogens with zero attached hydrogens (tertiary/aromatic N) is 1. The van der Waals surface area contributed by atoms with E-state index in [1.54, 1.807) is 19.1 Å². The van der Waals surface area contributed by atoms with Crippen LogP contribution in [-0.2, 0) is 11.2 Å². The summed E-state index contributed by atoms with van der Waals surface area (Å²) in [6.07, 6.45) is 6.34. The van der Waals surface area contributed by atoms with Gasteiger partial charge in [0, 0.05) is 11.4 Å². The summed E-state index contributed by atoms with van der Waals surface area (Å²) in [5, 5.41) is 0.694. The first-order valence-electron chi connectivity index (χ1n) is 7.90. The Kier molecular flexibility index (Phi) is 6.52. The van der Waals surface area contributed by atoms with E-state index in [0.29, 0.717) is 17.2 Å². The van der Waals surface area contributed by atoms with Gasteiger partial charge in [-0.1, -0.05) is 24.9 Å². The Morgan fingerprint density at radius 1 is 1.29 bits per heavy atom. The molecule has 0 unspecified atom stereocenters. The maximum absolute atomic E-state index is 11.5. The van der Waals surface area contributed by atoms with Crippen LogP contribution in [0.4, 0.5) is 0 Å². The van der Waals surface area contributed by atoms with Crippen molar-refractivity contribution in [1.82, 2.24) is 4.90 Å². The number of aryl methyl sites for hydroxylation is 1.